The number of rotatable bonds is 33. The molecule has 0 fully saturated rings. The first kappa shape index (κ1) is 36.6. The van der Waals surface area contributed by atoms with E-state index in [1.54, 1.807) is 14.2 Å². The first-order chi connectivity index (χ1) is 18.3. The quantitative estimate of drug-likeness (QED) is 0.113. The third kappa shape index (κ3) is 31.7. The number of unbranched alkanes of at least 4 members (excludes halogenated alkanes) is 1. The van der Waals surface area contributed by atoms with Crippen LogP contribution in [-0.4, -0.2) is 158 Å². The van der Waals surface area contributed by atoms with Gasteiger partial charge in [0.2, 0.25) is 0 Å². The summed E-state index contributed by atoms with van der Waals surface area (Å²) in [4.78, 5) is 2.39. The fourth-order valence-electron chi connectivity index (χ4n) is 2.91. The Bertz CT molecular complexity index is 378. The van der Waals surface area contributed by atoms with Crippen LogP contribution in [0.3, 0.4) is 0 Å². The molecule has 0 amide bonds. The second-order valence-electron chi connectivity index (χ2n) is 8.08. The smallest absolute Gasteiger partial charge is 0.0701 e. The molecule has 0 aliphatic heterocycles. The Balaban J connectivity index is 3.46. The summed E-state index contributed by atoms with van der Waals surface area (Å²) in [6, 6.07) is 0. The van der Waals surface area contributed by atoms with Crippen LogP contribution in [0.15, 0.2) is 0 Å². The van der Waals surface area contributed by atoms with Gasteiger partial charge in [0.15, 0.2) is 0 Å². The highest BCUT2D eigenvalue weighted by atomic mass is 16.6. The van der Waals surface area contributed by atoms with E-state index in [1.165, 1.54) is 12.8 Å². The van der Waals surface area contributed by atoms with Crippen molar-refractivity contribution in [1.29, 1.82) is 0 Å². The first-order valence-electron chi connectivity index (χ1n) is 13.7. The summed E-state index contributed by atoms with van der Waals surface area (Å²) in [5.41, 5.74) is 0. The van der Waals surface area contributed by atoms with Crippen molar-refractivity contribution in [2.24, 2.45) is 0 Å². The maximum Gasteiger partial charge on any atom is 0.0701 e. The second kappa shape index (κ2) is 33.6. The van der Waals surface area contributed by atoms with Crippen molar-refractivity contribution in [1.82, 2.24) is 4.90 Å². The molecule has 0 atom stereocenters. The number of nitrogens with zero attached hydrogens (tertiary/aromatic N) is 1. The highest BCUT2D eigenvalue weighted by Crippen LogP contribution is 1.96. The molecule has 224 valence electrons. The van der Waals surface area contributed by atoms with Crippen LogP contribution < -0.4 is 0 Å². The number of methoxy groups -OCH3 is 2. The molecule has 0 aliphatic rings. The summed E-state index contributed by atoms with van der Waals surface area (Å²) in [6.07, 6.45) is 2.34. The lowest BCUT2D eigenvalue weighted by Crippen LogP contribution is -2.32. The van der Waals surface area contributed by atoms with Crippen LogP contribution in [0.2, 0.25) is 0 Å². The molecule has 0 spiro atoms. The topological polar surface area (TPSA) is 95.5 Å². The van der Waals surface area contributed by atoms with Crippen LogP contribution in [0, 0.1) is 0 Å². The zero-order valence-corrected chi connectivity index (χ0v) is 23.8. The van der Waals surface area contributed by atoms with E-state index in [1.807, 2.05) is 0 Å². The van der Waals surface area contributed by atoms with Gasteiger partial charge in [0, 0.05) is 27.3 Å². The molecule has 0 radical (unpaired) electrons. The molecular weight excluding hydrogens is 486 g/mol. The minimum absolute atomic E-state index is 0.558. The Hall–Kier alpha value is -0.440. The predicted octanol–water partition coefficient (Wildman–Crippen LogP) is 1.51. The lowest BCUT2D eigenvalue weighted by molar-refractivity contribution is -0.0129. The molecule has 0 aliphatic carbocycles. The van der Waals surface area contributed by atoms with E-state index >= 15 is 0 Å². The van der Waals surface area contributed by atoms with Gasteiger partial charge < -0.3 is 47.4 Å². The van der Waals surface area contributed by atoms with Crippen LogP contribution in [0.25, 0.3) is 0 Å². The van der Waals surface area contributed by atoms with Crippen molar-refractivity contribution in [3.05, 3.63) is 0 Å². The maximum atomic E-state index is 5.73. The summed E-state index contributed by atoms with van der Waals surface area (Å²) in [7, 11) is 3.31. The van der Waals surface area contributed by atoms with Crippen LogP contribution in [-0.2, 0) is 47.4 Å². The number of hydrogen-bond donors (Lipinski definition) is 0. The molecule has 0 saturated carbocycles. The van der Waals surface area contributed by atoms with Crippen molar-refractivity contribution in [3.63, 3.8) is 0 Å². The zero-order valence-electron chi connectivity index (χ0n) is 23.8. The Labute approximate surface area is 225 Å². The minimum atomic E-state index is 0.558. The van der Waals surface area contributed by atoms with Gasteiger partial charge in [0.05, 0.1) is 119 Å². The molecule has 0 rings (SSSR count). The SMILES string of the molecule is CCCCN(CCOCCOCCOCCOCCOC)CCOCCOCCOCCOCCOC. The Morgan fingerprint density at radius 1 is 0.351 bits per heavy atom. The van der Waals surface area contributed by atoms with E-state index in [-0.39, 0.29) is 0 Å². The minimum Gasteiger partial charge on any atom is -0.382 e. The molecule has 11 heteroatoms. The predicted molar refractivity (Wildman–Crippen MR) is 142 cm³/mol. The van der Waals surface area contributed by atoms with Gasteiger partial charge in [-0.3, -0.25) is 4.90 Å². The van der Waals surface area contributed by atoms with Crippen molar-refractivity contribution >= 4 is 0 Å². The summed E-state index contributed by atoms with van der Waals surface area (Å²) < 4.78 is 53.9. The van der Waals surface area contributed by atoms with Gasteiger partial charge in [-0.1, -0.05) is 13.3 Å². The molecular formula is C26H55NO10. The van der Waals surface area contributed by atoms with E-state index < -0.39 is 0 Å². The second-order valence-corrected chi connectivity index (χ2v) is 8.08. The summed E-state index contributed by atoms with van der Waals surface area (Å²) in [6.45, 7) is 15.6. The van der Waals surface area contributed by atoms with Crippen molar-refractivity contribution in [2.75, 3.05) is 153 Å². The third-order valence-electron chi connectivity index (χ3n) is 5.03. The van der Waals surface area contributed by atoms with Crippen molar-refractivity contribution in [2.45, 2.75) is 19.8 Å². The van der Waals surface area contributed by atoms with Crippen molar-refractivity contribution < 1.29 is 47.4 Å². The summed E-state index contributed by atoms with van der Waals surface area (Å²) >= 11 is 0. The monoisotopic (exact) mass is 541 g/mol. The molecule has 11 nitrogen and oxygen atoms in total. The molecule has 0 aromatic heterocycles. The maximum absolute atomic E-state index is 5.73. The highest BCUT2D eigenvalue weighted by molar-refractivity contribution is 4.57. The molecule has 0 unspecified atom stereocenters. The molecule has 0 aromatic rings. The van der Waals surface area contributed by atoms with Gasteiger partial charge in [0.1, 0.15) is 0 Å². The summed E-state index contributed by atoms with van der Waals surface area (Å²) in [5.74, 6) is 0. The van der Waals surface area contributed by atoms with Gasteiger partial charge >= 0.3 is 0 Å². The largest absolute Gasteiger partial charge is 0.382 e. The molecule has 0 bridgehead atoms. The van der Waals surface area contributed by atoms with E-state index in [9.17, 15) is 0 Å². The Morgan fingerprint density at radius 3 is 0.892 bits per heavy atom. The average Bonchev–Trinajstić information content (AvgIpc) is 2.91. The van der Waals surface area contributed by atoms with Crippen LogP contribution in [0.1, 0.15) is 19.8 Å². The van der Waals surface area contributed by atoms with Gasteiger partial charge in [-0.2, -0.15) is 0 Å². The first-order valence-corrected chi connectivity index (χ1v) is 13.7. The van der Waals surface area contributed by atoms with Crippen LogP contribution in [0.4, 0.5) is 0 Å². The average molecular weight is 542 g/mol. The number of hydrogen-bond acceptors (Lipinski definition) is 11. The molecule has 0 aromatic carbocycles. The van der Waals surface area contributed by atoms with Crippen LogP contribution >= 0.6 is 0 Å². The molecule has 37 heavy (non-hydrogen) atoms. The van der Waals surface area contributed by atoms with E-state index in [4.69, 9.17) is 47.4 Å². The lowest BCUT2D eigenvalue weighted by Gasteiger charge is -2.22. The molecule has 0 saturated heterocycles. The van der Waals surface area contributed by atoms with E-state index in [0.717, 1.165) is 19.6 Å². The Morgan fingerprint density at radius 2 is 0.622 bits per heavy atom. The lowest BCUT2D eigenvalue weighted by atomic mass is 10.3. The Kier molecular flexibility index (Phi) is 33.2. The molecule has 0 N–H and O–H groups in total. The van der Waals surface area contributed by atoms with E-state index in [0.29, 0.717) is 119 Å². The normalized spacial score (nSPS) is 11.7. The fraction of sp³-hybridized carbons (Fsp3) is 1.00. The molecule has 0 heterocycles. The van der Waals surface area contributed by atoms with Gasteiger partial charge in [-0.05, 0) is 13.0 Å². The highest BCUT2D eigenvalue weighted by Gasteiger charge is 2.05. The number of ether oxygens (including phenoxy) is 10. The van der Waals surface area contributed by atoms with Gasteiger partial charge in [-0.15, -0.1) is 0 Å². The fourth-order valence-corrected chi connectivity index (χ4v) is 2.91. The van der Waals surface area contributed by atoms with Gasteiger partial charge in [0.25, 0.3) is 0 Å². The van der Waals surface area contributed by atoms with Gasteiger partial charge in [-0.25, -0.2) is 0 Å². The van der Waals surface area contributed by atoms with Crippen molar-refractivity contribution in [3.8, 4) is 0 Å². The summed E-state index contributed by atoms with van der Waals surface area (Å²) in [5, 5.41) is 0. The standard InChI is InChI=1S/C26H55NO10/c1-4-5-6-27(7-9-30-15-17-34-23-25-36-21-19-32-13-11-28-2)8-10-31-16-18-35-24-26-37-22-20-33-14-12-29-3/h4-26H2,1-3H3. The zero-order chi connectivity index (χ0) is 26.9. The van der Waals surface area contributed by atoms with E-state index in [2.05, 4.69) is 11.8 Å². The van der Waals surface area contributed by atoms with Crippen LogP contribution in [0.5, 0.6) is 0 Å². The third-order valence-corrected chi connectivity index (χ3v) is 5.03.